The molecule has 0 radical (unpaired) electrons. The number of pyridine rings is 1. The lowest BCUT2D eigenvalue weighted by Crippen LogP contribution is -2.37. The van der Waals surface area contributed by atoms with E-state index in [0.717, 1.165) is 23.4 Å². The average Bonchev–Trinajstić information content (AvgIpc) is 2.88. The molecule has 37 heavy (non-hydrogen) atoms. The van der Waals surface area contributed by atoms with Gasteiger partial charge in [-0.15, -0.1) is 0 Å². The molecule has 1 amide bonds. The Morgan fingerprint density at radius 3 is 2.46 bits per heavy atom. The van der Waals surface area contributed by atoms with E-state index in [0.29, 0.717) is 29.7 Å². The van der Waals surface area contributed by atoms with Gasteiger partial charge in [-0.1, -0.05) is 42.5 Å². The zero-order chi connectivity index (χ0) is 26.2. The summed E-state index contributed by atoms with van der Waals surface area (Å²) in [5, 5.41) is 5.89. The van der Waals surface area contributed by atoms with E-state index >= 15 is 0 Å². The Morgan fingerprint density at radius 2 is 1.76 bits per heavy atom. The van der Waals surface area contributed by atoms with Gasteiger partial charge in [-0.25, -0.2) is 0 Å². The first-order valence-corrected chi connectivity index (χ1v) is 11.9. The lowest BCUT2D eigenvalue weighted by atomic mass is 9.72. The quantitative estimate of drug-likeness (QED) is 0.451. The molecule has 0 spiro atoms. The summed E-state index contributed by atoms with van der Waals surface area (Å²) in [4.78, 5) is 31.3. The highest BCUT2D eigenvalue weighted by molar-refractivity contribution is 6.10. The number of allylic oxidation sites excluding steroid dienone is 3. The van der Waals surface area contributed by atoms with Crippen molar-refractivity contribution in [1.82, 2.24) is 10.3 Å². The molecule has 2 N–H and O–H groups in total. The SMILES string of the molecule is CC1=C(C(=O)Nc2cccc(C(F)(F)F)c2)C(c2cccnc2)C2=C(CC(c3ccccc3)CC2=O)N1. The summed E-state index contributed by atoms with van der Waals surface area (Å²) >= 11 is 0. The van der Waals surface area contributed by atoms with Crippen LogP contribution in [0.3, 0.4) is 0 Å². The molecule has 2 unspecified atom stereocenters. The first-order valence-electron chi connectivity index (χ1n) is 11.9. The standard InChI is InChI=1S/C29H24F3N3O2/c1-17-25(28(37)35-22-11-5-10-21(15-22)29(30,31)32)26(19-9-6-12-33-16-19)27-23(34-17)13-20(14-24(27)36)18-7-3-2-4-8-18/h2-12,15-16,20,26,34H,13-14H2,1H3,(H,35,37). The Labute approximate surface area is 212 Å². The van der Waals surface area contributed by atoms with Crippen LogP contribution in [-0.4, -0.2) is 16.7 Å². The maximum Gasteiger partial charge on any atom is 0.416 e. The number of halogens is 3. The van der Waals surface area contributed by atoms with Crippen LogP contribution in [0.25, 0.3) is 0 Å². The Hall–Kier alpha value is -4.20. The molecular formula is C29H24F3N3O2. The lowest BCUT2D eigenvalue weighted by Gasteiger charge is -2.37. The van der Waals surface area contributed by atoms with E-state index in [1.54, 1.807) is 31.5 Å². The van der Waals surface area contributed by atoms with Crippen LogP contribution in [0.4, 0.5) is 18.9 Å². The van der Waals surface area contributed by atoms with Crippen LogP contribution in [0, 0.1) is 0 Å². The van der Waals surface area contributed by atoms with Crippen molar-refractivity contribution in [2.45, 2.75) is 37.8 Å². The van der Waals surface area contributed by atoms with Crippen molar-refractivity contribution in [2.75, 3.05) is 5.32 Å². The monoisotopic (exact) mass is 503 g/mol. The maximum absolute atomic E-state index is 13.6. The smallest absolute Gasteiger partial charge is 0.362 e. The van der Waals surface area contributed by atoms with E-state index in [9.17, 15) is 22.8 Å². The maximum atomic E-state index is 13.6. The van der Waals surface area contributed by atoms with Crippen LogP contribution >= 0.6 is 0 Å². The highest BCUT2D eigenvalue weighted by Crippen LogP contribution is 2.45. The van der Waals surface area contributed by atoms with Gasteiger partial charge in [0.05, 0.1) is 5.56 Å². The molecule has 5 rings (SSSR count). The number of hydrogen-bond acceptors (Lipinski definition) is 4. The van der Waals surface area contributed by atoms with E-state index in [4.69, 9.17) is 0 Å². The van der Waals surface area contributed by atoms with Gasteiger partial charge in [-0.3, -0.25) is 14.6 Å². The van der Waals surface area contributed by atoms with Crippen molar-refractivity contribution < 1.29 is 22.8 Å². The minimum absolute atomic E-state index is 0.00258. The van der Waals surface area contributed by atoms with Crippen LogP contribution < -0.4 is 10.6 Å². The number of benzene rings is 2. The third kappa shape index (κ3) is 4.91. The van der Waals surface area contributed by atoms with Gasteiger partial charge in [-0.05, 0) is 54.7 Å². The number of carbonyl (C=O) groups excluding carboxylic acids is 2. The van der Waals surface area contributed by atoms with Crippen LogP contribution in [0.15, 0.2) is 102 Å². The van der Waals surface area contributed by atoms with Crippen LogP contribution in [0.5, 0.6) is 0 Å². The largest absolute Gasteiger partial charge is 0.416 e. The summed E-state index contributed by atoms with van der Waals surface area (Å²) in [6.07, 6.45) is -0.427. The van der Waals surface area contributed by atoms with E-state index in [2.05, 4.69) is 15.6 Å². The molecule has 1 aliphatic heterocycles. The minimum atomic E-state index is -4.54. The molecule has 0 saturated heterocycles. The van der Waals surface area contributed by atoms with Gasteiger partial charge in [-0.2, -0.15) is 13.2 Å². The highest BCUT2D eigenvalue weighted by atomic mass is 19.4. The molecule has 0 bridgehead atoms. The second-order valence-corrected chi connectivity index (χ2v) is 9.25. The van der Waals surface area contributed by atoms with Crippen LogP contribution in [-0.2, 0) is 15.8 Å². The van der Waals surface area contributed by atoms with E-state index in [1.807, 2.05) is 30.3 Å². The molecule has 1 aliphatic carbocycles. The van der Waals surface area contributed by atoms with E-state index < -0.39 is 23.6 Å². The number of nitrogens with one attached hydrogen (secondary N) is 2. The van der Waals surface area contributed by atoms with Crippen molar-refractivity contribution in [1.29, 1.82) is 0 Å². The topological polar surface area (TPSA) is 71.1 Å². The number of dihydropyridines is 1. The fraction of sp³-hybridized carbons (Fsp3) is 0.207. The summed E-state index contributed by atoms with van der Waals surface area (Å²) < 4.78 is 39.6. The number of carbonyl (C=O) groups is 2. The number of ketones is 1. The summed E-state index contributed by atoms with van der Waals surface area (Å²) in [5.74, 6) is -1.35. The lowest BCUT2D eigenvalue weighted by molar-refractivity contribution is -0.137. The third-order valence-corrected chi connectivity index (χ3v) is 6.81. The van der Waals surface area contributed by atoms with Gasteiger partial charge in [0, 0.05) is 53.0 Å². The first-order chi connectivity index (χ1) is 17.7. The van der Waals surface area contributed by atoms with Crippen LogP contribution in [0.1, 0.15) is 48.3 Å². The Morgan fingerprint density at radius 1 is 1.00 bits per heavy atom. The number of Topliss-reactive ketones (excluding diaryl/α,β-unsaturated/α-hetero) is 1. The third-order valence-electron chi connectivity index (χ3n) is 6.81. The average molecular weight is 504 g/mol. The molecule has 0 saturated carbocycles. The Balaban J connectivity index is 1.52. The number of alkyl halides is 3. The number of anilines is 1. The second-order valence-electron chi connectivity index (χ2n) is 9.25. The Kier molecular flexibility index (Phi) is 6.41. The van der Waals surface area contributed by atoms with Gasteiger partial charge in [0.1, 0.15) is 0 Å². The summed E-state index contributed by atoms with van der Waals surface area (Å²) in [6.45, 7) is 1.74. The number of rotatable bonds is 4. The van der Waals surface area contributed by atoms with E-state index in [-0.39, 0.29) is 23.0 Å². The molecule has 188 valence electrons. The van der Waals surface area contributed by atoms with Crippen molar-refractivity contribution in [3.8, 4) is 0 Å². The normalized spacial score (nSPS) is 19.8. The molecule has 5 nitrogen and oxygen atoms in total. The summed E-state index contributed by atoms with van der Waals surface area (Å²) in [7, 11) is 0. The highest BCUT2D eigenvalue weighted by Gasteiger charge is 2.41. The van der Waals surface area contributed by atoms with Gasteiger partial charge in [0.15, 0.2) is 5.78 Å². The predicted octanol–water partition coefficient (Wildman–Crippen LogP) is 6.10. The van der Waals surface area contributed by atoms with Gasteiger partial charge >= 0.3 is 6.18 Å². The zero-order valence-electron chi connectivity index (χ0n) is 20.0. The zero-order valence-corrected chi connectivity index (χ0v) is 20.0. The summed E-state index contributed by atoms with van der Waals surface area (Å²) in [5.41, 5.74) is 2.96. The fourth-order valence-electron chi connectivity index (χ4n) is 5.15. The summed E-state index contributed by atoms with van der Waals surface area (Å²) in [6, 6.07) is 17.8. The molecule has 0 fully saturated rings. The van der Waals surface area contributed by atoms with Crippen molar-refractivity contribution in [3.63, 3.8) is 0 Å². The second kappa shape index (κ2) is 9.69. The number of nitrogens with zero attached hydrogens (tertiary/aromatic N) is 1. The fourth-order valence-corrected chi connectivity index (χ4v) is 5.15. The minimum Gasteiger partial charge on any atom is -0.362 e. The van der Waals surface area contributed by atoms with Gasteiger partial charge < -0.3 is 10.6 Å². The molecule has 2 aliphatic rings. The first kappa shape index (κ1) is 24.5. The molecule has 8 heteroatoms. The number of hydrogen-bond donors (Lipinski definition) is 2. The number of aromatic nitrogens is 1. The molecule has 2 heterocycles. The molecule has 1 aromatic heterocycles. The predicted molar refractivity (Wildman–Crippen MR) is 133 cm³/mol. The van der Waals surface area contributed by atoms with Crippen molar-refractivity contribution >= 4 is 17.4 Å². The molecular weight excluding hydrogens is 479 g/mol. The van der Waals surface area contributed by atoms with Gasteiger partial charge in [0.25, 0.3) is 5.91 Å². The Bertz CT molecular complexity index is 1410. The van der Waals surface area contributed by atoms with Crippen molar-refractivity contribution in [2.24, 2.45) is 0 Å². The molecule has 2 aromatic carbocycles. The van der Waals surface area contributed by atoms with Crippen molar-refractivity contribution in [3.05, 3.63) is 118 Å². The number of amides is 1. The van der Waals surface area contributed by atoms with Crippen LogP contribution in [0.2, 0.25) is 0 Å². The molecule has 2 atom stereocenters. The van der Waals surface area contributed by atoms with E-state index in [1.165, 1.54) is 12.1 Å². The molecule has 3 aromatic rings. The van der Waals surface area contributed by atoms with Gasteiger partial charge in [0.2, 0.25) is 0 Å².